The third-order valence-corrected chi connectivity index (χ3v) is 5.19. The first kappa shape index (κ1) is 19.6. The molecule has 3 aromatic rings. The third kappa shape index (κ3) is 4.03. The van der Waals surface area contributed by atoms with Gasteiger partial charge in [0.25, 0.3) is 11.8 Å². The smallest absolute Gasteiger partial charge is 0.258 e. The molecule has 1 aliphatic rings. The van der Waals surface area contributed by atoms with E-state index in [2.05, 4.69) is 5.32 Å². The summed E-state index contributed by atoms with van der Waals surface area (Å²) in [6.45, 7) is 0.917. The second kappa shape index (κ2) is 8.37. The molecule has 3 aromatic carbocycles. The van der Waals surface area contributed by atoms with E-state index >= 15 is 0 Å². The molecule has 0 unspecified atom stereocenters. The molecule has 0 saturated heterocycles. The Morgan fingerprint density at radius 2 is 1.70 bits per heavy atom. The van der Waals surface area contributed by atoms with Gasteiger partial charge in [-0.05, 0) is 66.1 Å². The second-order valence-corrected chi connectivity index (χ2v) is 7.09. The summed E-state index contributed by atoms with van der Waals surface area (Å²) < 4.78 is 18.3. The number of carbonyl (C=O) groups is 2. The molecule has 0 aromatic heterocycles. The summed E-state index contributed by atoms with van der Waals surface area (Å²) in [5.74, 6) is -0.0435. The van der Waals surface area contributed by atoms with Crippen LogP contribution >= 0.6 is 0 Å². The Bertz CT molecular complexity index is 1080. The van der Waals surface area contributed by atoms with Crippen LogP contribution in [0.3, 0.4) is 0 Å². The van der Waals surface area contributed by atoms with Crippen LogP contribution in [0.1, 0.15) is 31.8 Å². The molecule has 0 radical (unpaired) electrons. The lowest BCUT2D eigenvalue weighted by Crippen LogP contribution is -2.29. The van der Waals surface area contributed by atoms with E-state index in [4.69, 9.17) is 4.74 Å². The van der Waals surface area contributed by atoms with Crippen molar-refractivity contribution in [1.82, 2.24) is 5.32 Å². The van der Waals surface area contributed by atoms with Crippen LogP contribution in [0, 0.1) is 5.82 Å². The van der Waals surface area contributed by atoms with Gasteiger partial charge in [0.05, 0.1) is 7.11 Å². The van der Waals surface area contributed by atoms with Crippen molar-refractivity contribution in [2.45, 2.75) is 13.0 Å². The zero-order valence-corrected chi connectivity index (χ0v) is 16.5. The van der Waals surface area contributed by atoms with Gasteiger partial charge in [0.1, 0.15) is 11.6 Å². The molecule has 0 fully saturated rings. The number of halogens is 1. The molecule has 152 valence electrons. The summed E-state index contributed by atoms with van der Waals surface area (Å²) in [7, 11) is 1.61. The number of amides is 2. The number of benzene rings is 3. The monoisotopic (exact) mass is 404 g/mol. The van der Waals surface area contributed by atoms with Crippen LogP contribution in [0.5, 0.6) is 5.75 Å². The number of hydrogen-bond acceptors (Lipinski definition) is 3. The number of fused-ring (bicyclic) bond motifs is 1. The average molecular weight is 404 g/mol. The number of ether oxygens (including phenoxy) is 1. The summed E-state index contributed by atoms with van der Waals surface area (Å²) >= 11 is 0. The van der Waals surface area contributed by atoms with E-state index in [9.17, 15) is 14.0 Å². The summed E-state index contributed by atoms with van der Waals surface area (Å²) in [4.78, 5) is 27.1. The Kier molecular flexibility index (Phi) is 5.48. The first-order valence-corrected chi connectivity index (χ1v) is 9.66. The molecule has 0 bridgehead atoms. The van der Waals surface area contributed by atoms with Crippen molar-refractivity contribution in [3.8, 4) is 5.75 Å². The first-order valence-electron chi connectivity index (χ1n) is 9.66. The number of nitrogens with zero attached hydrogens (tertiary/aromatic N) is 1. The molecule has 0 atom stereocenters. The van der Waals surface area contributed by atoms with Crippen molar-refractivity contribution in [3.63, 3.8) is 0 Å². The standard InChI is InChI=1S/C24H21FN2O3/c1-30-21-10-2-16(3-11-21)15-26-23(28)19-5-4-17-12-13-27(22(17)14-19)24(29)18-6-8-20(25)9-7-18/h2-11,14H,12-13,15H2,1H3,(H,26,28). The van der Waals surface area contributed by atoms with Gasteiger partial charge in [-0.3, -0.25) is 9.59 Å². The van der Waals surface area contributed by atoms with E-state index in [1.54, 1.807) is 24.1 Å². The zero-order valence-electron chi connectivity index (χ0n) is 16.5. The van der Waals surface area contributed by atoms with Gasteiger partial charge in [0.15, 0.2) is 0 Å². The van der Waals surface area contributed by atoms with Gasteiger partial charge >= 0.3 is 0 Å². The predicted octanol–water partition coefficient (Wildman–Crippen LogP) is 3.97. The highest BCUT2D eigenvalue weighted by Crippen LogP contribution is 2.30. The Labute approximate surface area is 174 Å². The fraction of sp³-hybridized carbons (Fsp3) is 0.167. The topological polar surface area (TPSA) is 58.6 Å². The van der Waals surface area contributed by atoms with Gasteiger partial charge in [0.2, 0.25) is 0 Å². The molecule has 1 aliphatic heterocycles. The molecule has 1 heterocycles. The molecule has 0 spiro atoms. The van der Waals surface area contributed by atoms with Crippen molar-refractivity contribution >= 4 is 17.5 Å². The third-order valence-electron chi connectivity index (χ3n) is 5.19. The summed E-state index contributed by atoms with van der Waals surface area (Å²) in [5, 5.41) is 2.90. The van der Waals surface area contributed by atoms with Gasteiger partial charge in [-0.25, -0.2) is 4.39 Å². The van der Waals surface area contributed by atoms with Crippen LogP contribution < -0.4 is 15.0 Å². The number of carbonyl (C=O) groups excluding carboxylic acids is 2. The van der Waals surface area contributed by atoms with E-state index in [1.165, 1.54) is 24.3 Å². The maximum absolute atomic E-state index is 13.2. The summed E-state index contributed by atoms with van der Waals surface area (Å²) in [6.07, 6.45) is 0.718. The molecule has 5 nitrogen and oxygen atoms in total. The zero-order chi connectivity index (χ0) is 21.1. The van der Waals surface area contributed by atoms with Gasteiger partial charge in [-0.1, -0.05) is 18.2 Å². The van der Waals surface area contributed by atoms with E-state index in [1.807, 2.05) is 30.3 Å². The maximum atomic E-state index is 13.2. The Hall–Kier alpha value is -3.67. The highest BCUT2D eigenvalue weighted by atomic mass is 19.1. The molecule has 6 heteroatoms. The molecular weight excluding hydrogens is 383 g/mol. The van der Waals surface area contributed by atoms with Gasteiger partial charge in [0, 0.05) is 29.9 Å². The van der Waals surface area contributed by atoms with Crippen LogP contribution in [0.2, 0.25) is 0 Å². The van der Waals surface area contributed by atoms with E-state index < -0.39 is 0 Å². The lowest BCUT2D eigenvalue weighted by molar-refractivity contribution is 0.0948. The Morgan fingerprint density at radius 3 is 2.40 bits per heavy atom. The minimum absolute atomic E-state index is 0.204. The minimum atomic E-state index is -0.385. The van der Waals surface area contributed by atoms with Gasteiger partial charge < -0.3 is 15.0 Å². The van der Waals surface area contributed by atoms with Crippen LogP contribution in [-0.4, -0.2) is 25.5 Å². The number of methoxy groups -OCH3 is 1. The molecule has 1 N–H and O–H groups in total. The second-order valence-electron chi connectivity index (χ2n) is 7.09. The van der Waals surface area contributed by atoms with Crippen LogP contribution in [0.25, 0.3) is 0 Å². The van der Waals surface area contributed by atoms with Crippen molar-refractivity contribution in [2.75, 3.05) is 18.6 Å². The quantitative estimate of drug-likeness (QED) is 0.700. The highest BCUT2D eigenvalue weighted by molar-refractivity contribution is 6.08. The van der Waals surface area contributed by atoms with Gasteiger partial charge in [-0.2, -0.15) is 0 Å². The van der Waals surface area contributed by atoms with E-state index in [0.717, 1.165) is 29.0 Å². The van der Waals surface area contributed by atoms with Crippen LogP contribution in [0.15, 0.2) is 66.7 Å². The van der Waals surface area contributed by atoms with Gasteiger partial charge in [-0.15, -0.1) is 0 Å². The first-order chi connectivity index (χ1) is 14.5. The average Bonchev–Trinajstić information content (AvgIpc) is 3.21. The van der Waals surface area contributed by atoms with Crippen molar-refractivity contribution in [2.24, 2.45) is 0 Å². The highest BCUT2D eigenvalue weighted by Gasteiger charge is 2.26. The van der Waals surface area contributed by atoms with Crippen molar-refractivity contribution in [1.29, 1.82) is 0 Å². The molecule has 2 amide bonds. The molecule has 4 rings (SSSR count). The lowest BCUT2D eigenvalue weighted by Gasteiger charge is -2.18. The largest absolute Gasteiger partial charge is 0.497 e. The van der Waals surface area contributed by atoms with Crippen molar-refractivity contribution < 1.29 is 18.7 Å². The van der Waals surface area contributed by atoms with Crippen LogP contribution in [0.4, 0.5) is 10.1 Å². The number of hydrogen-bond donors (Lipinski definition) is 1. The van der Waals surface area contributed by atoms with Crippen LogP contribution in [-0.2, 0) is 13.0 Å². The summed E-state index contributed by atoms with van der Waals surface area (Å²) in [5.41, 5.74) is 3.59. The molecule has 0 aliphatic carbocycles. The minimum Gasteiger partial charge on any atom is -0.497 e. The van der Waals surface area contributed by atoms with E-state index in [-0.39, 0.29) is 17.6 Å². The number of anilines is 1. The maximum Gasteiger partial charge on any atom is 0.258 e. The lowest BCUT2D eigenvalue weighted by atomic mass is 10.1. The van der Waals surface area contributed by atoms with E-state index in [0.29, 0.717) is 24.2 Å². The fourth-order valence-corrected chi connectivity index (χ4v) is 3.51. The fourth-order valence-electron chi connectivity index (χ4n) is 3.51. The molecule has 30 heavy (non-hydrogen) atoms. The SMILES string of the molecule is COc1ccc(CNC(=O)c2ccc3c(c2)N(C(=O)c2ccc(F)cc2)CC3)cc1. The molecular formula is C24H21FN2O3. The number of rotatable bonds is 5. The normalized spacial score (nSPS) is 12.4. The van der Waals surface area contributed by atoms with Crippen molar-refractivity contribution in [3.05, 3.63) is 94.8 Å². The molecule has 0 saturated carbocycles. The Morgan fingerprint density at radius 1 is 1.00 bits per heavy atom. The summed E-state index contributed by atoms with van der Waals surface area (Å²) in [6, 6.07) is 18.4. The predicted molar refractivity (Wildman–Crippen MR) is 112 cm³/mol. The Balaban J connectivity index is 1.48. The number of nitrogens with one attached hydrogen (secondary N) is 1.